The molecule has 4 heteroatoms. The first-order chi connectivity index (χ1) is 9.62. The topological polar surface area (TPSA) is 39.1 Å². The number of hydrogen-bond donors (Lipinski definition) is 1. The Kier molecular flexibility index (Phi) is 4.13. The van der Waals surface area contributed by atoms with Gasteiger partial charge in [0.05, 0.1) is 17.3 Å². The van der Waals surface area contributed by atoms with Crippen LogP contribution in [-0.2, 0) is 11.3 Å². The van der Waals surface area contributed by atoms with E-state index < -0.39 is 0 Å². The third kappa shape index (κ3) is 3.41. The lowest BCUT2D eigenvalue weighted by Gasteiger charge is -2.35. The molecule has 1 aliphatic carbocycles. The van der Waals surface area contributed by atoms with Crippen molar-refractivity contribution in [2.75, 3.05) is 6.61 Å². The van der Waals surface area contributed by atoms with Crippen LogP contribution in [0, 0.1) is 0 Å². The molecule has 1 unspecified atom stereocenters. The smallest absolute Gasteiger partial charge is 0.0762 e. The summed E-state index contributed by atoms with van der Waals surface area (Å²) in [5.41, 5.74) is 1.18. The Morgan fingerprint density at radius 1 is 1.35 bits per heavy atom. The van der Waals surface area contributed by atoms with Crippen molar-refractivity contribution in [2.45, 2.75) is 76.6 Å². The van der Waals surface area contributed by atoms with E-state index in [0.717, 1.165) is 26.0 Å². The van der Waals surface area contributed by atoms with Crippen LogP contribution in [0.1, 0.15) is 64.1 Å². The summed E-state index contributed by atoms with van der Waals surface area (Å²) in [5.74, 6) is 0. The number of nitrogens with zero attached hydrogens (tertiary/aromatic N) is 2. The number of nitrogens with one attached hydrogen (secondary N) is 1. The van der Waals surface area contributed by atoms with Crippen LogP contribution >= 0.6 is 0 Å². The fraction of sp³-hybridized carbons (Fsp3) is 0.812. The van der Waals surface area contributed by atoms with Crippen molar-refractivity contribution in [1.29, 1.82) is 0 Å². The van der Waals surface area contributed by atoms with Crippen LogP contribution in [0.4, 0.5) is 0 Å². The maximum absolute atomic E-state index is 5.76. The van der Waals surface area contributed by atoms with Crippen LogP contribution in [0.25, 0.3) is 0 Å². The lowest BCUT2D eigenvalue weighted by Crippen LogP contribution is -2.43. The first kappa shape index (κ1) is 14.1. The highest BCUT2D eigenvalue weighted by Gasteiger charge is 2.28. The quantitative estimate of drug-likeness (QED) is 0.919. The van der Waals surface area contributed by atoms with Gasteiger partial charge < -0.3 is 10.1 Å². The minimum atomic E-state index is 0.0130. The van der Waals surface area contributed by atoms with Gasteiger partial charge >= 0.3 is 0 Å². The number of rotatable bonds is 4. The van der Waals surface area contributed by atoms with Gasteiger partial charge in [-0.2, -0.15) is 5.10 Å². The second-order valence-electron chi connectivity index (χ2n) is 6.90. The van der Waals surface area contributed by atoms with Crippen molar-refractivity contribution < 1.29 is 4.74 Å². The molecule has 2 aliphatic rings. The maximum Gasteiger partial charge on any atom is 0.0762 e. The molecule has 1 N–H and O–H groups in total. The van der Waals surface area contributed by atoms with Gasteiger partial charge in [0.2, 0.25) is 0 Å². The molecular formula is C16H27N3O. The van der Waals surface area contributed by atoms with Crippen molar-refractivity contribution in [3.05, 3.63) is 18.0 Å². The Morgan fingerprint density at radius 3 is 2.90 bits per heavy atom. The standard InChI is InChI=1S/C16H27N3O/c1-16(2)11-13(8-10-20-16)17-12-14-7-9-19(18-14)15-5-3-4-6-15/h7,9,13,15,17H,3-6,8,10-12H2,1-2H3. The van der Waals surface area contributed by atoms with E-state index in [1.807, 2.05) is 0 Å². The van der Waals surface area contributed by atoms with Gasteiger partial charge in [-0.15, -0.1) is 0 Å². The van der Waals surface area contributed by atoms with Crippen LogP contribution < -0.4 is 5.32 Å². The fourth-order valence-electron chi connectivity index (χ4n) is 3.50. The summed E-state index contributed by atoms with van der Waals surface area (Å²) in [6.45, 7) is 6.09. The summed E-state index contributed by atoms with van der Waals surface area (Å²) >= 11 is 0. The van der Waals surface area contributed by atoms with Crippen molar-refractivity contribution in [3.63, 3.8) is 0 Å². The molecule has 1 aromatic heterocycles. The van der Waals surface area contributed by atoms with E-state index in [2.05, 4.69) is 36.1 Å². The van der Waals surface area contributed by atoms with Crippen LogP contribution in [0.2, 0.25) is 0 Å². The van der Waals surface area contributed by atoms with Crippen LogP contribution in [0.15, 0.2) is 12.3 Å². The van der Waals surface area contributed by atoms with E-state index in [-0.39, 0.29) is 5.60 Å². The molecule has 1 atom stereocenters. The largest absolute Gasteiger partial charge is 0.375 e. The van der Waals surface area contributed by atoms with Gasteiger partial charge in [0.25, 0.3) is 0 Å². The van der Waals surface area contributed by atoms with Crippen LogP contribution in [0.5, 0.6) is 0 Å². The SMILES string of the molecule is CC1(C)CC(NCc2ccn(C3CCCC3)n2)CCO1. The zero-order valence-corrected chi connectivity index (χ0v) is 12.8. The third-order valence-corrected chi connectivity index (χ3v) is 4.63. The van der Waals surface area contributed by atoms with E-state index in [1.54, 1.807) is 0 Å². The molecule has 0 aromatic carbocycles. The van der Waals surface area contributed by atoms with Gasteiger partial charge in [-0.05, 0) is 45.6 Å². The van der Waals surface area contributed by atoms with E-state index in [0.29, 0.717) is 12.1 Å². The molecule has 2 fully saturated rings. The second-order valence-corrected chi connectivity index (χ2v) is 6.90. The number of hydrogen-bond acceptors (Lipinski definition) is 3. The molecule has 1 aromatic rings. The molecule has 0 bridgehead atoms. The Hall–Kier alpha value is -0.870. The Balaban J connectivity index is 1.51. The second kappa shape index (κ2) is 5.86. The molecule has 0 spiro atoms. The highest BCUT2D eigenvalue weighted by molar-refractivity contribution is 5.00. The fourth-order valence-corrected chi connectivity index (χ4v) is 3.50. The van der Waals surface area contributed by atoms with Crippen molar-refractivity contribution >= 4 is 0 Å². The van der Waals surface area contributed by atoms with E-state index in [9.17, 15) is 0 Å². The number of aromatic nitrogens is 2. The van der Waals surface area contributed by atoms with Gasteiger partial charge in [0.15, 0.2) is 0 Å². The van der Waals surface area contributed by atoms with Gasteiger partial charge in [-0.25, -0.2) is 0 Å². The zero-order valence-electron chi connectivity index (χ0n) is 12.8. The zero-order chi connectivity index (χ0) is 14.0. The van der Waals surface area contributed by atoms with Crippen molar-refractivity contribution in [2.24, 2.45) is 0 Å². The number of ether oxygens (including phenoxy) is 1. The summed E-state index contributed by atoms with van der Waals surface area (Å²) < 4.78 is 7.94. The molecule has 3 rings (SSSR count). The van der Waals surface area contributed by atoms with Crippen LogP contribution in [-0.4, -0.2) is 28.0 Å². The Labute approximate surface area is 121 Å². The molecule has 112 valence electrons. The van der Waals surface area contributed by atoms with E-state index >= 15 is 0 Å². The third-order valence-electron chi connectivity index (χ3n) is 4.63. The Morgan fingerprint density at radius 2 is 2.15 bits per heavy atom. The van der Waals surface area contributed by atoms with Gasteiger partial charge in [-0.3, -0.25) is 4.68 Å². The highest BCUT2D eigenvalue weighted by Crippen LogP contribution is 2.28. The summed E-state index contributed by atoms with van der Waals surface area (Å²) in [4.78, 5) is 0. The molecule has 1 aliphatic heterocycles. The molecule has 20 heavy (non-hydrogen) atoms. The molecule has 1 saturated carbocycles. The minimum absolute atomic E-state index is 0.0130. The summed E-state index contributed by atoms with van der Waals surface area (Å²) in [7, 11) is 0. The predicted molar refractivity (Wildman–Crippen MR) is 79.6 cm³/mol. The van der Waals surface area contributed by atoms with Crippen molar-refractivity contribution in [3.8, 4) is 0 Å². The Bertz CT molecular complexity index is 435. The van der Waals surface area contributed by atoms with Crippen LogP contribution in [0.3, 0.4) is 0 Å². The summed E-state index contributed by atoms with van der Waals surface area (Å²) in [6.07, 6.45) is 9.64. The van der Waals surface area contributed by atoms with Gasteiger partial charge in [0, 0.05) is 25.4 Å². The first-order valence-corrected chi connectivity index (χ1v) is 8.04. The highest BCUT2D eigenvalue weighted by atomic mass is 16.5. The summed E-state index contributed by atoms with van der Waals surface area (Å²) in [5, 5.41) is 8.38. The molecule has 0 amide bonds. The average molecular weight is 277 g/mol. The van der Waals surface area contributed by atoms with Gasteiger partial charge in [0.1, 0.15) is 0 Å². The molecular weight excluding hydrogens is 250 g/mol. The van der Waals surface area contributed by atoms with Crippen molar-refractivity contribution in [1.82, 2.24) is 15.1 Å². The minimum Gasteiger partial charge on any atom is -0.375 e. The lowest BCUT2D eigenvalue weighted by atomic mass is 9.94. The normalized spacial score (nSPS) is 27.0. The maximum atomic E-state index is 5.76. The van der Waals surface area contributed by atoms with E-state index in [1.165, 1.54) is 31.4 Å². The molecule has 2 heterocycles. The summed E-state index contributed by atoms with van der Waals surface area (Å²) in [6, 6.07) is 3.36. The molecule has 4 nitrogen and oxygen atoms in total. The van der Waals surface area contributed by atoms with E-state index in [4.69, 9.17) is 9.84 Å². The monoisotopic (exact) mass is 277 g/mol. The molecule has 0 radical (unpaired) electrons. The predicted octanol–water partition coefficient (Wildman–Crippen LogP) is 3.05. The lowest BCUT2D eigenvalue weighted by molar-refractivity contribution is -0.0631. The average Bonchev–Trinajstić information content (AvgIpc) is 3.06. The first-order valence-electron chi connectivity index (χ1n) is 8.04. The van der Waals surface area contributed by atoms with Gasteiger partial charge in [-0.1, -0.05) is 12.8 Å². The molecule has 1 saturated heterocycles.